The maximum absolute atomic E-state index is 12.7. The summed E-state index contributed by atoms with van der Waals surface area (Å²) in [5.74, 6) is -0.306. The Kier molecular flexibility index (Phi) is 6.59. The second-order valence-corrected chi connectivity index (χ2v) is 7.92. The van der Waals surface area contributed by atoms with Gasteiger partial charge in [-0.05, 0) is 31.0 Å². The van der Waals surface area contributed by atoms with Crippen molar-refractivity contribution in [3.05, 3.63) is 23.2 Å². The van der Waals surface area contributed by atoms with Crippen molar-refractivity contribution in [1.82, 2.24) is 4.31 Å². The van der Waals surface area contributed by atoms with Gasteiger partial charge in [-0.3, -0.25) is 4.79 Å². The number of rotatable bonds is 7. The molecule has 1 fully saturated rings. The van der Waals surface area contributed by atoms with Gasteiger partial charge in [0.15, 0.2) is 0 Å². The number of amides is 1. The lowest BCUT2D eigenvalue weighted by Crippen LogP contribution is -2.29. The van der Waals surface area contributed by atoms with Crippen LogP contribution in [0.15, 0.2) is 23.1 Å². The predicted molar refractivity (Wildman–Crippen MR) is 92.5 cm³/mol. The summed E-state index contributed by atoms with van der Waals surface area (Å²) in [7, 11) is -2.17. The first-order chi connectivity index (χ1) is 11.4. The van der Waals surface area contributed by atoms with Gasteiger partial charge in [0, 0.05) is 32.4 Å². The molecule has 1 saturated heterocycles. The fourth-order valence-corrected chi connectivity index (χ4v) is 4.55. The molecular weight excluding hydrogens is 354 g/mol. The van der Waals surface area contributed by atoms with Crippen molar-refractivity contribution in [2.75, 3.05) is 32.1 Å². The van der Waals surface area contributed by atoms with E-state index >= 15 is 0 Å². The molecule has 3 N–H and O–H groups in total. The SMILES string of the molecule is COC(CN)CC(=O)Nc1ccc(Cl)c(S(=O)(=O)N2CCCC2)c1. The molecule has 1 amide bonds. The first-order valence-corrected chi connectivity index (χ1v) is 9.52. The van der Waals surface area contributed by atoms with Gasteiger partial charge in [0.2, 0.25) is 15.9 Å². The van der Waals surface area contributed by atoms with Gasteiger partial charge in [-0.2, -0.15) is 4.31 Å². The standard InChI is InChI=1S/C15H22ClN3O4S/c1-23-12(10-17)9-15(20)18-11-4-5-13(16)14(8-11)24(21,22)19-6-2-3-7-19/h4-5,8,12H,2-3,6-7,9-10,17H2,1H3,(H,18,20). The Hall–Kier alpha value is -1.19. The molecule has 0 aliphatic carbocycles. The molecule has 1 atom stereocenters. The highest BCUT2D eigenvalue weighted by atomic mass is 35.5. The third kappa shape index (κ3) is 4.46. The molecule has 0 radical (unpaired) electrons. The van der Waals surface area contributed by atoms with Crippen LogP contribution >= 0.6 is 11.6 Å². The van der Waals surface area contributed by atoms with E-state index in [-0.39, 0.29) is 34.9 Å². The molecule has 1 aliphatic rings. The summed E-state index contributed by atoms with van der Waals surface area (Å²) in [6, 6.07) is 4.42. The molecule has 1 aliphatic heterocycles. The number of benzene rings is 1. The van der Waals surface area contributed by atoms with Crippen molar-refractivity contribution in [2.45, 2.75) is 30.3 Å². The van der Waals surface area contributed by atoms with Crippen LogP contribution in [-0.2, 0) is 19.6 Å². The fraction of sp³-hybridized carbons (Fsp3) is 0.533. The van der Waals surface area contributed by atoms with Gasteiger partial charge in [-0.25, -0.2) is 8.42 Å². The van der Waals surface area contributed by atoms with Crippen molar-refractivity contribution in [2.24, 2.45) is 5.73 Å². The molecule has 0 aromatic heterocycles. The van der Waals surface area contributed by atoms with Crippen LogP contribution in [0.4, 0.5) is 5.69 Å². The lowest BCUT2D eigenvalue weighted by molar-refractivity contribution is -0.118. The second kappa shape index (κ2) is 8.26. The van der Waals surface area contributed by atoms with Crippen molar-refractivity contribution >= 4 is 33.2 Å². The van der Waals surface area contributed by atoms with Gasteiger partial charge in [-0.15, -0.1) is 0 Å². The number of ether oxygens (including phenoxy) is 1. The van der Waals surface area contributed by atoms with Crippen LogP contribution in [0.2, 0.25) is 5.02 Å². The number of sulfonamides is 1. The van der Waals surface area contributed by atoms with Crippen LogP contribution in [0, 0.1) is 0 Å². The Morgan fingerprint density at radius 3 is 2.67 bits per heavy atom. The third-order valence-corrected chi connectivity index (χ3v) is 6.29. The predicted octanol–water partition coefficient (Wildman–Crippen LogP) is 1.43. The summed E-state index contributed by atoms with van der Waals surface area (Å²) in [5, 5.41) is 2.79. The van der Waals surface area contributed by atoms with E-state index in [9.17, 15) is 13.2 Å². The highest BCUT2D eigenvalue weighted by Crippen LogP contribution is 2.29. The molecule has 1 aromatic rings. The Bertz CT molecular complexity index is 686. The molecule has 1 heterocycles. The number of carbonyl (C=O) groups excluding carboxylic acids is 1. The lowest BCUT2D eigenvalue weighted by atomic mass is 10.2. The zero-order valence-electron chi connectivity index (χ0n) is 13.5. The van der Waals surface area contributed by atoms with Gasteiger partial charge in [0.25, 0.3) is 0 Å². The number of halogens is 1. The van der Waals surface area contributed by atoms with Gasteiger partial charge >= 0.3 is 0 Å². The molecule has 0 spiro atoms. The Morgan fingerprint density at radius 1 is 1.42 bits per heavy atom. The molecule has 1 unspecified atom stereocenters. The summed E-state index contributed by atoms with van der Waals surface area (Å²) in [6.07, 6.45) is 1.38. The summed E-state index contributed by atoms with van der Waals surface area (Å²) in [5.41, 5.74) is 5.86. The number of carbonyl (C=O) groups is 1. The van der Waals surface area contributed by atoms with Crippen molar-refractivity contribution in [3.8, 4) is 0 Å². The minimum Gasteiger partial charge on any atom is -0.380 e. The van der Waals surface area contributed by atoms with E-state index in [4.69, 9.17) is 22.1 Å². The van der Waals surface area contributed by atoms with E-state index in [0.717, 1.165) is 12.8 Å². The number of nitrogens with two attached hydrogens (primary N) is 1. The quantitative estimate of drug-likeness (QED) is 0.750. The maximum atomic E-state index is 12.7. The largest absolute Gasteiger partial charge is 0.380 e. The molecular formula is C15H22ClN3O4S. The zero-order chi connectivity index (χ0) is 17.7. The number of nitrogens with zero attached hydrogens (tertiary/aromatic N) is 1. The summed E-state index contributed by atoms with van der Waals surface area (Å²) in [4.78, 5) is 12.0. The normalized spacial score (nSPS) is 17.0. The van der Waals surface area contributed by atoms with Crippen molar-refractivity contribution in [1.29, 1.82) is 0 Å². The molecule has 0 bridgehead atoms. The number of hydrogen-bond acceptors (Lipinski definition) is 5. The molecule has 24 heavy (non-hydrogen) atoms. The van der Waals surface area contributed by atoms with Gasteiger partial charge in [0.1, 0.15) is 4.90 Å². The summed E-state index contributed by atoms with van der Waals surface area (Å²) >= 11 is 6.07. The number of methoxy groups -OCH3 is 1. The van der Waals surface area contributed by atoms with Gasteiger partial charge in [-0.1, -0.05) is 11.6 Å². The molecule has 7 nitrogen and oxygen atoms in total. The van der Waals surface area contributed by atoms with Crippen molar-refractivity contribution in [3.63, 3.8) is 0 Å². The molecule has 9 heteroatoms. The van der Waals surface area contributed by atoms with E-state index in [1.165, 1.54) is 23.5 Å². The first kappa shape index (κ1) is 19.1. The molecule has 1 aromatic carbocycles. The van der Waals surface area contributed by atoms with Gasteiger partial charge < -0.3 is 15.8 Å². The zero-order valence-corrected chi connectivity index (χ0v) is 15.1. The van der Waals surface area contributed by atoms with E-state index in [0.29, 0.717) is 18.8 Å². The Morgan fingerprint density at radius 2 is 2.08 bits per heavy atom. The van der Waals surface area contributed by atoms with E-state index in [1.807, 2.05) is 0 Å². The van der Waals surface area contributed by atoms with Crippen LogP contribution in [0.25, 0.3) is 0 Å². The second-order valence-electron chi connectivity index (χ2n) is 5.60. The third-order valence-electron chi connectivity index (χ3n) is 3.91. The molecule has 0 saturated carbocycles. The minimum absolute atomic E-state index is 0.00554. The first-order valence-electron chi connectivity index (χ1n) is 7.71. The number of nitrogens with one attached hydrogen (secondary N) is 1. The Labute approximate surface area is 147 Å². The average molecular weight is 376 g/mol. The number of hydrogen-bond donors (Lipinski definition) is 2. The highest BCUT2D eigenvalue weighted by Gasteiger charge is 2.29. The average Bonchev–Trinajstić information content (AvgIpc) is 3.09. The number of anilines is 1. The van der Waals surface area contributed by atoms with E-state index in [2.05, 4.69) is 5.32 Å². The summed E-state index contributed by atoms with van der Waals surface area (Å²) < 4.78 is 31.8. The highest BCUT2D eigenvalue weighted by molar-refractivity contribution is 7.89. The van der Waals surface area contributed by atoms with Crippen LogP contribution in [0.5, 0.6) is 0 Å². The minimum atomic E-state index is -3.65. The fourth-order valence-electron chi connectivity index (χ4n) is 2.53. The van der Waals surface area contributed by atoms with E-state index < -0.39 is 10.0 Å². The van der Waals surface area contributed by atoms with Crippen LogP contribution in [0.1, 0.15) is 19.3 Å². The maximum Gasteiger partial charge on any atom is 0.244 e. The van der Waals surface area contributed by atoms with Crippen LogP contribution in [0.3, 0.4) is 0 Å². The van der Waals surface area contributed by atoms with Crippen LogP contribution in [-0.4, -0.2) is 51.5 Å². The molecule has 2 rings (SSSR count). The monoisotopic (exact) mass is 375 g/mol. The Balaban J connectivity index is 2.18. The lowest BCUT2D eigenvalue weighted by Gasteiger charge is -2.17. The van der Waals surface area contributed by atoms with Crippen molar-refractivity contribution < 1.29 is 17.9 Å². The molecule has 134 valence electrons. The van der Waals surface area contributed by atoms with Crippen LogP contribution < -0.4 is 11.1 Å². The summed E-state index contributed by atoms with van der Waals surface area (Å²) in [6.45, 7) is 1.20. The van der Waals surface area contributed by atoms with Gasteiger partial charge in [0.05, 0.1) is 17.5 Å². The van der Waals surface area contributed by atoms with E-state index in [1.54, 1.807) is 6.07 Å². The topological polar surface area (TPSA) is 102 Å². The smallest absolute Gasteiger partial charge is 0.244 e.